The van der Waals surface area contributed by atoms with Crippen LogP contribution in [-0.4, -0.2) is 47.2 Å². The van der Waals surface area contributed by atoms with Crippen LogP contribution in [0.4, 0.5) is 10.6 Å². The van der Waals surface area contributed by atoms with Crippen LogP contribution in [0.2, 0.25) is 0 Å². The number of piperidine rings is 1. The smallest absolute Gasteiger partial charge is 0.409 e. The number of nitrogens with zero attached hydrogens (tertiary/aromatic N) is 3. The Morgan fingerprint density at radius 3 is 2.76 bits per heavy atom. The zero-order valence-electron chi connectivity index (χ0n) is 15.3. The first kappa shape index (κ1) is 17.9. The first-order valence-electron chi connectivity index (χ1n) is 8.82. The van der Waals surface area contributed by atoms with Gasteiger partial charge in [0.2, 0.25) is 0 Å². The van der Waals surface area contributed by atoms with Crippen molar-refractivity contribution in [2.24, 2.45) is 5.92 Å². The maximum absolute atomic E-state index is 11.6. The molecule has 0 aliphatic carbocycles. The highest BCUT2D eigenvalue weighted by atomic mass is 32.1. The van der Waals surface area contributed by atoms with E-state index < -0.39 is 0 Å². The van der Waals surface area contributed by atoms with Gasteiger partial charge in [0.1, 0.15) is 16.5 Å². The van der Waals surface area contributed by atoms with E-state index in [-0.39, 0.29) is 6.09 Å². The lowest BCUT2D eigenvalue weighted by Gasteiger charge is -2.31. The van der Waals surface area contributed by atoms with Gasteiger partial charge in [-0.25, -0.2) is 14.8 Å². The van der Waals surface area contributed by atoms with Gasteiger partial charge in [-0.15, -0.1) is 11.3 Å². The molecule has 0 radical (unpaired) electrons. The molecule has 1 amide bonds. The summed E-state index contributed by atoms with van der Waals surface area (Å²) in [5.74, 6) is 2.33. The number of rotatable bonds is 4. The molecule has 2 aromatic rings. The summed E-state index contributed by atoms with van der Waals surface area (Å²) in [5, 5.41) is 7.00. The van der Waals surface area contributed by atoms with Crippen molar-refractivity contribution in [3.63, 3.8) is 0 Å². The second-order valence-electron chi connectivity index (χ2n) is 7.03. The molecule has 7 heteroatoms. The van der Waals surface area contributed by atoms with Gasteiger partial charge in [-0.3, -0.25) is 0 Å². The van der Waals surface area contributed by atoms with Gasteiger partial charge in [-0.1, -0.05) is 13.8 Å². The second kappa shape index (κ2) is 7.56. The molecule has 3 heterocycles. The third-order valence-electron chi connectivity index (χ3n) is 4.52. The summed E-state index contributed by atoms with van der Waals surface area (Å²) >= 11 is 1.69. The molecule has 0 aromatic carbocycles. The Labute approximate surface area is 152 Å². The van der Waals surface area contributed by atoms with E-state index in [9.17, 15) is 4.79 Å². The Kier molecular flexibility index (Phi) is 5.42. The van der Waals surface area contributed by atoms with Crippen molar-refractivity contribution in [2.45, 2.75) is 46.1 Å². The largest absolute Gasteiger partial charge is 0.453 e. The van der Waals surface area contributed by atoms with E-state index in [0.29, 0.717) is 25.0 Å². The quantitative estimate of drug-likeness (QED) is 0.895. The molecule has 0 saturated carbocycles. The van der Waals surface area contributed by atoms with Gasteiger partial charge in [0.05, 0.1) is 12.5 Å². The molecule has 0 unspecified atom stereocenters. The SMILES string of the molecule is COC(=O)N1CCC(Nc2nc(C)nc3scc(CC(C)C)c23)CC1. The highest BCUT2D eigenvalue weighted by Crippen LogP contribution is 2.32. The predicted octanol–water partition coefficient (Wildman–Crippen LogP) is 3.84. The number of thiophene rings is 1. The number of hydrogen-bond donors (Lipinski definition) is 1. The zero-order chi connectivity index (χ0) is 18.0. The van der Waals surface area contributed by atoms with Crippen LogP contribution in [0, 0.1) is 12.8 Å². The van der Waals surface area contributed by atoms with Crippen LogP contribution in [0.5, 0.6) is 0 Å². The summed E-state index contributed by atoms with van der Waals surface area (Å²) in [7, 11) is 1.43. The van der Waals surface area contributed by atoms with Gasteiger partial charge in [-0.05, 0) is 43.0 Å². The maximum atomic E-state index is 11.6. The Morgan fingerprint density at radius 2 is 2.12 bits per heavy atom. The van der Waals surface area contributed by atoms with Crippen molar-refractivity contribution in [2.75, 3.05) is 25.5 Å². The van der Waals surface area contributed by atoms with Crippen LogP contribution in [0.1, 0.15) is 38.1 Å². The molecule has 1 fully saturated rings. The predicted molar refractivity (Wildman–Crippen MR) is 101 cm³/mol. The number of anilines is 1. The van der Waals surface area contributed by atoms with Crippen LogP contribution in [0.25, 0.3) is 10.2 Å². The summed E-state index contributed by atoms with van der Waals surface area (Å²) in [6, 6.07) is 0.310. The van der Waals surface area contributed by atoms with Crippen LogP contribution in [0.15, 0.2) is 5.38 Å². The first-order chi connectivity index (χ1) is 12.0. The van der Waals surface area contributed by atoms with Crippen molar-refractivity contribution < 1.29 is 9.53 Å². The highest BCUT2D eigenvalue weighted by Gasteiger charge is 2.24. The molecule has 1 aliphatic heterocycles. The zero-order valence-corrected chi connectivity index (χ0v) is 16.2. The fraction of sp³-hybridized carbons (Fsp3) is 0.611. The fourth-order valence-corrected chi connectivity index (χ4v) is 4.33. The van der Waals surface area contributed by atoms with Gasteiger partial charge < -0.3 is 15.0 Å². The van der Waals surface area contributed by atoms with Crippen LogP contribution < -0.4 is 5.32 Å². The number of carbonyl (C=O) groups is 1. The summed E-state index contributed by atoms with van der Waals surface area (Å²) in [5.41, 5.74) is 1.32. The van der Waals surface area contributed by atoms with Crippen molar-refractivity contribution in [1.82, 2.24) is 14.9 Å². The third-order valence-corrected chi connectivity index (χ3v) is 5.44. The van der Waals surface area contributed by atoms with E-state index in [1.807, 2.05) is 6.92 Å². The van der Waals surface area contributed by atoms with Gasteiger partial charge in [0, 0.05) is 19.1 Å². The second-order valence-corrected chi connectivity index (χ2v) is 7.89. The lowest BCUT2D eigenvalue weighted by atomic mass is 10.0. The third kappa shape index (κ3) is 4.03. The first-order valence-corrected chi connectivity index (χ1v) is 9.70. The molecule has 0 bridgehead atoms. The normalized spacial score (nSPS) is 15.8. The molecular formula is C18H26N4O2S. The van der Waals surface area contributed by atoms with Crippen LogP contribution >= 0.6 is 11.3 Å². The molecule has 136 valence electrons. The Bertz CT molecular complexity index is 751. The number of nitrogens with one attached hydrogen (secondary N) is 1. The lowest BCUT2D eigenvalue weighted by molar-refractivity contribution is 0.113. The number of fused-ring (bicyclic) bond motifs is 1. The van der Waals surface area contributed by atoms with Gasteiger partial charge in [0.15, 0.2) is 0 Å². The minimum atomic E-state index is -0.240. The van der Waals surface area contributed by atoms with Gasteiger partial charge >= 0.3 is 6.09 Å². The molecule has 2 aromatic heterocycles. The Hall–Kier alpha value is -1.89. The van der Waals surface area contributed by atoms with Crippen LogP contribution in [-0.2, 0) is 11.2 Å². The van der Waals surface area contributed by atoms with Gasteiger partial charge in [-0.2, -0.15) is 0 Å². The summed E-state index contributed by atoms with van der Waals surface area (Å²) < 4.78 is 4.81. The monoisotopic (exact) mass is 362 g/mol. The fourth-order valence-electron chi connectivity index (χ4n) is 3.33. The molecule has 0 spiro atoms. The molecule has 25 heavy (non-hydrogen) atoms. The molecule has 3 rings (SSSR count). The standard InChI is InChI=1S/C18H26N4O2S/c1-11(2)9-13-10-25-17-15(13)16(19-12(3)20-17)21-14-5-7-22(8-6-14)18(23)24-4/h10-11,14H,5-9H2,1-4H3,(H,19,20,21). The molecule has 1 N–H and O–H groups in total. The summed E-state index contributed by atoms with van der Waals surface area (Å²) in [6.07, 6.45) is 2.57. The summed E-state index contributed by atoms with van der Waals surface area (Å²) in [4.78, 5) is 23.7. The van der Waals surface area contributed by atoms with E-state index >= 15 is 0 Å². The molecule has 1 saturated heterocycles. The van der Waals surface area contributed by atoms with Crippen molar-refractivity contribution in [3.05, 3.63) is 16.8 Å². The van der Waals surface area contributed by atoms with Crippen LogP contribution in [0.3, 0.4) is 0 Å². The number of amides is 1. The van der Waals surface area contributed by atoms with E-state index in [4.69, 9.17) is 4.74 Å². The average molecular weight is 362 g/mol. The molecular weight excluding hydrogens is 336 g/mol. The van der Waals surface area contributed by atoms with E-state index in [1.54, 1.807) is 16.2 Å². The average Bonchev–Trinajstić information content (AvgIpc) is 2.96. The van der Waals surface area contributed by atoms with E-state index in [1.165, 1.54) is 18.1 Å². The lowest BCUT2D eigenvalue weighted by Crippen LogP contribution is -2.42. The van der Waals surface area contributed by atoms with E-state index in [0.717, 1.165) is 35.7 Å². The van der Waals surface area contributed by atoms with E-state index in [2.05, 4.69) is 34.5 Å². The van der Waals surface area contributed by atoms with Gasteiger partial charge in [0.25, 0.3) is 0 Å². The highest BCUT2D eigenvalue weighted by molar-refractivity contribution is 7.17. The minimum absolute atomic E-state index is 0.240. The minimum Gasteiger partial charge on any atom is -0.453 e. The molecule has 6 nitrogen and oxygen atoms in total. The van der Waals surface area contributed by atoms with Crippen molar-refractivity contribution in [3.8, 4) is 0 Å². The summed E-state index contributed by atoms with van der Waals surface area (Å²) in [6.45, 7) is 7.81. The van der Waals surface area contributed by atoms with Crippen molar-refractivity contribution >= 4 is 33.5 Å². The number of aryl methyl sites for hydroxylation is 1. The number of likely N-dealkylation sites (tertiary alicyclic amines) is 1. The number of hydrogen-bond acceptors (Lipinski definition) is 6. The maximum Gasteiger partial charge on any atom is 0.409 e. The number of carbonyl (C=O) groups excluding carboxylic acids is 1. The molecule has 0 atom stereocenters. The number of methoxy groups -OCH3 is 1. The Balaban J connectivity index is 1.79. The molecule has 1 aliphatic rings. The Morgan fingerprint density at radius 1 is 1.40 bits per heavy atom. The topological polar surface area (TPSA) is 67.3 Å². The van der Waals surface area contributed by atoms with Crippen molar-refractivity contribution in [1.29, 1.82) is 0 Å². The number of aromatic nitrogens is 2. The number of ether oxygens (including phenoxy) is 1.